The second-order valence-electron chi connectivity index (χ2n) is 6.33. The number of nitriles is 1. The van der Waals surface area contributed by atoms with E-state index in [0.29, 0.717) is 32.5 Å². The fourth-order valence-electron chi connectivity index (χ4n) is 2.99. The van der Waals surface area contributed by atoms with E-state index in [1.807, 2.05) is 0 Å². The number of halogens is 3. The molecule has 6 nitrogen and oxygen atoms in total. The van der Waals surface area contributed by atoms with E-state index >= 15 is 0 Å². The van der Waals surface area contributed by atoms with Crippen molar-refractivity contribution in [1.29, 1.82) is 5.26 Å². The standard InChI is InChI=1S/C19H17F3N4O2/c20-19(21,22)16-11-15(5-4-13(16)12-23)28-14-6-9-26(10-7-14)18(27)17-3-1-2-8-24-25-17/h1-5,11,14H,6-10H2. The van der Waals surface area contributed by atoms with Gasteiger partial charge < -0.3 is 9.64 Å². The van der Waals surface area contributed by atoms with Crippen molar-refractivity contribution >= 4 is 5.91 Å². The summed E-state index contributed by atoms with van der Waals surface area (Å²) in [4.78, 5) is 14.1. The molecule has 0 aromatic heterocycles. The smallest absolute Gasteiger partial charge is 0.417 e. The van der Waals surface area contributed by atoms with Gasteiger partial charge in [0.05, 0.1) is 23.7 Å². The highest BCUT2D eigenvalue weighted by molar-refractivity contribution is 5.93. The average Bonchev–Trinajstić information content (AvgIpc) is 2.97. The van der Waals surface area contributed by atoms with E-state index in [1.54, 1.807) is 29.2 Å². The van der Waals surface area contributed by atoms with Crippen LogP contribution in [0.2, 0.25) is 0 Å². The summed E-state index contributed by atoms with van der Waals surface area (Å²) in [6.07, 6.45) is 1.14. The third-order valence-corrected chi connectivity index (χ3v) is 4.42. The van der Waals surface area contributed by atoms with E-state index in [9.17, 15) is 18.0 Å². The Hall–Kier alpha value is -3.15. The Balaban J connectivity index is 1.62. The monoisotopic (exact) mass is 390 g/mol. The summed E-state index contributed by atoms with van der Waals surface area (Å²) in [5, 5.41) is 16.6. The Bertz CT molecular complexity index is 876. The number of piperidine rings is 1. The van der Waals surface area contributed by atoms with Gasteiger partial charge in [0.15, 0.2) is 5.70 Å². The summed E-state index contributed by atoms with van der Waals surface area (Å²) in [6.45, 7) is 1.23. The number of benzene rings is 1. The van der Waals surface area contributed by atoms with E-state index in [1.165, 1.54) is 6.07 Å². The lowest BCUT2D eigenvalue weighted by atomic mass is 10.1. The van der Waals surface area contributed by atoms with Crippen molar-refractivity contribution in [2.75, 3.05) is 19.6 Å². The van der Waals surface area contributed by atoms with Gasteiger partial charge in [-0.15, -0.1) is 5.11 Å². The number of hydrogen-bond donors (Lipinski definition) is 0. The number of amides is 1. The van der Waals surface area contributed by atoms with Gasteiger partial charge in [-0.1, -0.05) is 12.2 Å². The van der Waals surface area contributed by atoms with Crippen LogP contribution in [-0.2, 0) is 11.0 Å². The molecule has 0 N–H and O–H groups in total. The number of carbonyl (C=O) groups excluding carboxylic acids is 1. The topological polar surface area (TPSA) is 78.0 Å². The molecule has 0 saturated carbocycles. The largest absolute Gasteiger partial charge is 0.490 e. The summed E-state index contributed by atoms with van der Waals surface area (Å²) in [5.74, 6) is -0.173. The molecule has 2 heterocycles. The van der Waals surface area contributed by atoms with E-state index in [2.05, 4.69) is 10.2 Å². The number of hydrogen-bond acceptors (Lipinski definition) is 5. The van der Waals surface area contributed by atoms with E-state index in [0.717, 1.165) is 12.1 Å². The highest BCUT2D eigenvalue weighted by Gasteiger charge is 2.34. The van der Waals surface area contributed by atoms with Crippen molar-refractivity contribution in [3.63, 3.8) is 0 Å². The molecule has 2 aliphatic rings. The van der Waals surface area contributed by atoms with Gasteiger partial charge in [0.25, 0.3) is 5.91 Å². The van der Waals surface area contributed by atoms with Crippen LogP contribution in [0.5, 0.6) is 5.75 Å². The summed E-state index contributed by atoms with van der Waals surface area (Å²) < 4.78 is 44.9. The molecule has 0 unspecified atom stereocenters. The molecular weight excluding hydrogens is 373 g/mol. The van der Waals surface area contributed by atoms with Gasteiger partial charge in [0, 0.05) is 25.9 Å². The third kappa shape index (κ3) is 4.57. The number of allylic oxidation sites excluding steroid dienone is 2. The molecule has 0 spiro atoms. The van der Waals surface area contributed by atoms with Crippen LogP contribution < -0.4 is 4.74 Å². The molecule has 0 aliphatic carbocycles. The van der Waals surface area contributed by atoms with Gasteiger partial charge in [-0.25, -0.2) is 0 Å². The summed E-state index contributed by atoms with van der Waals surface area (Å²) in [7, 11) is 0. The molecule has 1 saturated heterocycles. The maximum atomic E-state index is 13.1. The molecule has 1 aromatic rings. The van der Waals surface area contributed by atoms with Crippen molar-refractivity contribution in [2.45, 2.75) is 25.1 Å². The molecule has 146 valence electrons. The lowest BCUT2D eigenvalue weighted by Gasteiger charge is -2.32. The number of ether oxygens (including phenoxy) is 1. The Morgan fingerprint density at radius 2 is 2.04 bits per heavy atom. The predicted octanol–water partition coefficient (Wildman–Crippen LogP) is 3.85. The van der Waals surface area contributed by atoms with Crippen molar-refractivity contribution in [3.8, 4) is 11.8 Å². The van der Waals surface area contributed by atoms with Gasteiger partial charge in [-0.3, -0.25) is 4.79 Å². The zero-order valence-electron chi connectivity index (χ0n) is 14.8. The van der Waals surface area contributed by atoms with Gasteiger partial charge in [0.2, 0.25) is 0 Å². The van der Waals surface area contributed by atoms with Crippen molar-refractivity contribution in [1.82, 2.24) is 4.90 Å². The SMILES string of the molecule is N#Cc1ccc(OC2CCN(C(=O)C3=CC=CCN=N3)CC2)cc1C(F)(F)F. The number of rotatable bonds is 3. The number of azo groups is 1. The predicted molar refractivity (Wildman–Crippen MR) is 93.3 cm³/mol. The lowest BCUT2D eigenvalue weighted by molar-refractivity contribution is -0.138. The quantitative estimate of drug-likeness (QED) is 0.786. The van der Waals surface area contributed by atoms with Crippen LogP contribution in [0, 0.1) is 11.3 Å². The molecule has 28 heavy (non-hydrogen) atoms. The Morgan fingerprint density at radius 3 is 2.71 bits per heavy atom. The minimum atomic E-state index is -4.63. The van der Waals surface area contributed by atoms with E-state index in [-0.39, 0.29) is 23.5 Å². The zero-order chi connectivity index (χ0) is 20.1. The molecule has 1 amide bonds. The maximum absolute atomic E-state index is 13.1. The molecule has 1 aromatic carbocycles. The van der Waals surface area contributed by atoms with Gasteiger partial charge in [-0.05, 0) is 24.3 Å². The van der Waals surface area contributed by atoms with Gasteiger partial charge in [-0.2, -0.15) is 23.5 Å². The first-order valence-electron chi connectivity index (χ1n) is 8.70. The Morgan fingerprint density at radius 1 is 1.29 bits per heavy atom. The van der Waals surface area contributed by atoms with Crippen LogP contribution in [0.1, 0.15) is 24.0 Å². The molecule has 9 heteroatoms. The molecule has 0 radical (unpaired) electrons. The van der Waals surface area contributed by atoms with Crippen molar-refractivity contribution in [2.24, 2.45) is 10.2 Å². The highest BCUT2D eigenvalue weighted by atomic mass is 19.4. The normalized spacial score (nSPS) is 17.6. The third-order valence-electron chi connectivity index (χ3n) is 4.42. The first kappa shape index (κ1) is 19.6. The summed E-state index contributed by atoms with van der Waals surface area (Å²) >= 11 is 0. The number of alkyl halides is 3. The van der Waals surface area contributed by atoms with Gasteiger partial charge >= 0.3 is 6.18 Å². The summed E-state index contributed by atoms with van der Waals surface area (Å²) in [5.41, 5.74) is -1.20. The Kier molecular flexibility index (Phi) is 5.78. The first-order valence-corrected chi connectivity index (χ1v) is 8.70. The second kappa shape index (κ2) is 8.25. The highest BCUT2D eigenvalue weighted by Crippen LogP contribution is 2.34. The average molecular weight is 390 g/mol. The minimum absolute atomic E-state index is 0.0570. The minimum Gasteiger partial charge on any atom is -0.490 e. The molecule has 1 fully saturated rings. The van der Waals surface area contributed by atoms with E-state index < -0.39 is 17.3 Å². The number of likely N-dealkylation sites (tertiary alicyclic amines) is 1. The molecular formula is C19H17F3N4O2. The lowest BCUT2D eigenvalue weighted by Crippen LogP contribution is -2.42. The van der Waals surface area contributed by atoms with E-state index in [4.69, 9.17) is 10.00 Å². The van der Waals surface area contributed by atoms with Crippen LogP contribution >= 0.6 is 0 Å². The molecule has 2 aliphatic heterocycles. The molecule has 0 bridgehead atoms. The van der Waals surface area contributed by atoms with Crippen LogP contribution in [-0.4, -0.2) is 36.5 Å². The van der Waals surface area contributed by atoms with Crippen molar-refractivity contribution in [3.05, 3.63) is 53.3 Å². The number of carbonyl (C=O) groups is 1. The zero-order valence-corrected chi connectivity index (χ0v) is 14.8. The molecule has 0 atom stereocenters. The molecule has 3 rings (SSSR count). The van der Waals surface area contributed by atoms with Crippen molar-refractivity contribution < 1.29 is 22.7 Å². The van der Waals surface area contributed by atoms with Gasteiger partial charge in [0.1, 0.15) is 11.9 Å². The van der Waals surface area contributed by atoms with Crippen LogP contribution in [0.25, 0.3) is 0 Å². The van der Waals surface area contributed by atoms with Crippen LogP contribution in [0.4, 0.5) is 13.2 Å². The summed E-state index contributed by atoms with van der Waals surface area (Å²) in [6, 6.07) is 4.85. The second-order valence-corrected chi connectivity index (χ2v) is 6.33. The number of nitrogens with zero attached hydrogens (tertiary/aromatic N) is 4. The fourth-order valence-corrected chi connectivity index (χ4v) is 2.99. The van der Waals surface area contributed by atoms with Crippen LogP contribution in [0.3, 0.4) is 0 Å². The Labute approximate surface area is 159 Å². The maximum Gasteiger partial charge on any atom is 0.417 e. The van der Waals surface area contributed by atoms with Crippen LogP contribution in [0.15, 0.2) is 52.4 Å². The first-order chi connectivity index (χ1) is 13.4. The fraction of sp³-hybridized carbons (Fsp3) is 0.368.